The van der Waals surface area contributed by atoms with Crippen LogP contribution in [-0.4, -0.2) is 18.2 Å². The van der Waals surface area contributed by atoms with Crippen LogP contribution in [0.15, 0.2) is 24.3 Å². The van der Waals surface area contributed by atoms with Gasteiger partial charge in [-0.05, 0) is 44.0 Å². The standard InChI is InChI=1S/C17H24N2O2S/c1-4-5-6-7-12(2)21-16-15(19-17(18)22-16)13-8-10-14(20-3)11-9-13/h8-12H,4-7H2,1-3H3,(H2,18,19). The lowest BCUT2D eigenvalue weighted by molar-refractivity contribution is 0.213. The first-order chi connectivity index (χ1) is 10.6. The number of nitrogens with two attached hydrogens (primary N) is 1. The monoisotopic (exact) mass is 320 g/mol. The number of methoxy groups -OCH3 is 1. The fourth-order valence-corrected chi connectivity index (χ4v) is 3.06. The van der Waals surface area contributed by atoms with Gasteiger partial charge >= 0.3 is 0 Å². The van der Waals surface area contributed by atoms with E-state index in [4.69, 9.17) is 15.2 Å². The number of hydrogen-bond donors (Lipinski definition) is 1. The third kappa shape index (κ3) is 4.37. The largest absolute Gasteiger partial charge is 0.497 e. The lowest BCUT2D eigenvalue weighted by Gasteiger charge is -2.14. The van der Waals surface area contributed by atoms with Crippen molar-refractivity contribution < 1.29 is 9.47 Å². The van der Waals surface area contributed by atoms with E-state index < -0.39 is 0 Å². The van der Waals surface area contributed by atoms with Crippen molar-refractivity contribution in [2.24, 2.45) is 0 Å². The van der Waals surface area contributed by atoms with E-state index in [0.29, 0.717) is 5.13 Å². The molecule has 1 unspecified atom stereocenters. The van der Waals surface area contributed by atoms with Crippen LogP contribution >= 0.6 is 11.3 Å². The van der Waals surface area contributed by atoms with Crippen LogP contribution in [-0.2, 0) is 0 Å². The van der Waals surface area contributed by atoms with Gasteiger partial charge in [0.25, 0.3) is 0 Å². The van der Waals surface area contributed by atoms with Gasteiger partial charge < -0.3 is 15.2 Å². The molecule has 0 spiro atoms. The summed E-state index contributed by atoms with van der Waals surface area (Å²) >= 11 is 1.40. The zero-order chi connectivity index (χ0) is 15.9. The molecule has 0 aliphatic carbocycles. The Morgan fingerprint density at radius 1 is 1.23 bits per heavy atom. The number of hydrogen-bond acceptors (Lipinski definition) is 5. The van der Waals surface area contributed by atoms with Crippen molar-refractivity contribution in [3.8, 4) is 22.1 Å². The number of ether oxygens (including phenoxy) is 2. The molecular weight excluding hydrogens is 296 g/mol. The Hall–Kier alpha value is -1.75. The van der Waals surface area contributed by atoms with Crippen LogP contribution in [0.5, 0.6) is 10.8 Å². The van der Waals surface area contributed by atoms with Crippen LogP contribution < -0.4 is 15.2 Å². The normalized spacial score (nSPS) is 12.1. The quantitative estimate of drug-likeness (QED) is 0.713. The number of rotatable bonds is 8. The van der Waals surface area contributed by atoms with Gasteiger partial charge in [-0.3, -0.25) is 0 Å². The van der Waals surface area contributed by atoms with Crippen LogP contribution in [0.25, 0.3) is 11.3 Å². The smallest absolute Gasteiger partial charge is 0.204 e. The van der Waals surface area contributed by atoms with Crippen molar-refractivity contribution in [2.75, 3.05) is 12.8 Å². The molecule has 0 aliphatic rings. The molecule has 0 radical (unpaired) electrons. The highest BCUT2D eigenvalue weighted by Gasteiger charge is 2.16. The second-order valence-corrected chi connectivity index (χ2v) is 6.33. The number of nitrogens with zero attached hydrogens (tertiary/aromatic N) is 1. The minimum Gasteiger partial charge on any atom is -0.497 e. The second kappa shape index (κ2) is 8.03. The van der Waals surface area contributed by atoms with Crippen LogP contribution in [0.2, 0.25) is 0 Å². The third-order valence-corrected chi connectivity index (χ3v) is 4.27. The highest BCUT2D eigenvalue weighted by atomic mass is 32.1. The Balaban J connectivity index is 2.11. The highest BCUT2D eigenvalue weighted by Crippen LogP contribution is 2.38. The fraction of sp³-hybridized carbons (Fsp3) is 0.471. The zero-order valence-electron chi connectivity index (χ0n) is 13.5. The molecule has 5 heteroatoms. The molecule has 22 heavy (non-hydrogen) atoms. The van der Waals surface area contributed by atoms with E-state index in [9.17, 15) is 0 Å². The van der Waals surface area contributed by atoms with E-state index in [0.717, 1.165) is 28.5 Å². The minimum absolute atomic E-state index is 0.170. The van der Waals surface area contributed by atoms with Crippen molar-refractivity contribution in [1.29, 1.82) is 0 Å². The van der Waals surface area contributed by atoms with E-state index >= 15 is 0 Å². The molecule has 1 atom stereocenters. The van der Waals surface area contributed by atoms with Gasteiger partial charge in [0.05, 0.1) is 13.2 Å². The van der Waals surface area contributed by atoms with Gasteiger partial charge in [0, 0.05) is 5.56 Å². The van der Waals surface area contributed by atoms with Crippen molar-refractivity contribution in [3.05, 3.63) is 24.3 Å². The molecule has 0 aliphatic heterocycles. The number of unbranched alkanes of at least 4 members (excludes halogenated alkanes) is 2. The van der Waals surface area contributed by atoms with Crippen LogP contribution in [0.4, 0.5) is 5.13 Å². The topological polar surface area (TPSA) is 57.4 Å². The Kier molecular flexibility index (Phi) is 6.07. The summed E-state index contributed by atoms with van der Waals surface area (Å²) in [4.78, 5) is 4.42. The second-order valence-electron chi connectivity index (χ2n) is 5.34. The summed E-state index contributed by atoms with van der Waals surface area (Å²) in [6, 6.07) is 7.78. The first-order valence-electron chi connectivity index (χ1n) is 7.71. The number of nitrogen functional groups attached to an aromatic ring is 1. The molecule has 4 nitrogen and oxygen atoms in total. The van der Waals surface area contributed by atoms with Gasteiger partial charge in [-0.25, -0.2) is 4.98 Å². The lowest BCUT2D eigenvalue weighted by atomic mass is 10.1. The van der Waals surface area contributed by atoms with Gasteiger partial charge in [-0.2, -0.15) is 0 Å². The molecule has 1 aromatic carbocycles. The van der Waals surface area contributed by atoms with Gasteiger partial charge in [-0.15, -0.1) is 0 Å². The fourth-order valence-electron chi connectivity index (χ4n) is 2.26. The van der Waals surface area contributed by atoms with Crippen molar-refractivity contribution in [2.45, 2.75) is 45.6 Å². The molecule has 1 aromatic heterocycles. The summed E-state index contributed by atoms with van der Waals surface area (Å²) in [6.45, 7) is 4.31. The third-order valence-electron chi connectivity index (χ3n) is 3.50. The molecule has 0 amide bonds. The molecule has 0 saturated heterocycles. The predicted octanol–water partition coefficient (Wildman–Crippen LogP) is 4.75. The van der Waals surface area contributed by atoms with E-state index in [1.54, 1.807) is 7.11 Å². The Morgan fingerprint density at radius 3 is 2.59 bits per heavy atom. The Morgan fingerprint density at radius 2 is 1.95 bits per heavy atom. The van der Waals surface area contributed by atoms with E-state index in [-0.39, 0.29) is 6.10 Å². The van der Waals surface area contributed by atoms with Gasteiger partial charge in [0.2, 0.25) is 5.06 Å². The summed E-state index contributed by atoms with van der Waals surface area (Å²) in [6.07, 6.45) is 4.86. The van der Waals surface area contributed by atoms with Crippen LogP contribution in [0.3, 0.4) is 0 Å². The molecule has 0 bridgehead atoms. The molecule has 2 aromatic rings. The summed E-state index contributed by atoms with van der Waals surface area (Å²) < 4.78 is 11.3. The molecule has 0 saturated carbocycles. The Labute approximate surface area is 136 Å². The average Bonchev–Trinajstić information content (AvgIpc) is 2.88. The Bertz CT molecular complexity index is 581. The number of aromatic nitrogens is 1. The van der Waals surface area contributed by atoms with Gasteiger partial charge in [0.1, 0.15) is 11.4 Å². The van der Waals surface area contributed by atoms with Crippen molar-refractivity contribution >= 4 is 16.5 Å². The molecule has 2 N–H and O–H groups in total. The maximum absolute atomic E-state index is 6.07. The minimum atomic E-state index is 0.170. The van der Waals surface area contributed by atoms with Crippen LogP contribution in [0.1, 0.15) is 39.5 Å². The SMILES string of the molecule is CCCCCC(C)Oc1sc(N)nc1-c1ccc(OC)cc1. The highest BCUT2D eigenvalue weighted by molar-refractivity contribution is 7.17. The first-order valence-corrected chi connectivity index (χ1v) is 8.53. The number of benzene rings is 1. The molecule has 0 fully saturated rings. The molecule has 1 heterocycles. The molecule has 120 valence electrons. The molecular formula is C17H24N2O2S. The van der Waals surface area contributed by atoms with Crippen molar-refractivity contribution in [1.82, 2.24) is 4.98 Å². The summed E-state index contributed by atoms with van der Waals surface area (Å²) in [5, 5.41) is 1.33. The number of thiazole rings is 1. The lowest BCUT2D eigenvalue weighted by Crippen LogP contribution is -2.11. The zero-order valence-corrected chi connectivity index (χ0v) is 14.3. The number of anilines is 1. The predicted molar refractivity (Wildman–Crippen MR) is 92.7 cm³/mol. The summed E-state index contributed by atoms with van der Waals surface area (Å²) in [5.41, 5.74) is 7.68. The van der Waals surface area contributed by atoms with E-state index in [2.05, 4.69) is 18.8 Å². The average molecular weight is 320 g/mol. The van der Waals surface area contributed by atoms with E-state index in [1.165, 1.54) is 30.6 Å². The van der Waals surface area contributed by atoms with Crippen molar-refractivity contribution in [3.63, 3.8) is 0 Å². The van der Waals surface area contributed by atoms with E-state index in [1.807, 2.05) is 24.3 Å². The van der Waals surface area contributed by atoms with Gasteiger partial charge in [0.15, 0.2) is 5.13 Å². The maximum Gasteiger partial charge on any atom is 0.204 e. The summed E-state index contributed by atoms with van der Waals surface area (Å²) in [7, 11) is 1.66. The maximum atomic E-state index is 6.07. The van der Waals surface area contributed by atoms with Gasteiger partial charge in [-0.1, -0.05) is 31.1 Å². The first kappa shape index (κ1) is 16.6. The summed E-state index contributed by atoms with van der Waals surface area (Å²) in [5.74, 6) is 0.822. The van der Waals surface area contributed by atoms with Crippen LogP contribution in [0, 0.1) is 0 Å². The molecule has 2 rings (SSSR count).